The Kier molecular flexibility index (Phi) is 2.87. The Balaban J connectivity index is 1.60. The van der Waals surface area contributed by atoms with E-state index in [4.69, 9.17) is 15.2 Å². The summed E-state index contributed by atoms with van der Waals surface area (Å²) in [4.78, 5) is 16.5. The average molecular weight is 313 g/mol. The van der Waals surface area contributed by atoms with Crippen molar-refractivity contribution in [3.05, 3.63) is 42.0 Å². The van der Waals surface area contributed by atoms with Crippen molar-refractivity contribution in [1.82, 2.24) is 4.98 Å². The lowest BCUT2D eigenvalue weighted by Crippen LogP contribution is -2.11. The number of fused-ring (bicyclic) bond motifs is 2. The van der Waals surface area contributed by atoms with Gasteiger partial charge in [-0.3, -0.25) is 4.79 Å². The zero-order valence-electron chi connectivity index (χ0n) is 11.3. The molecule has 0 saturated carbocycles. The zero-order valence-corrected chi connectivity index (χ0v) is 12.1. The van der Waals surface area contributed by atoms with Gasteiger partial charge in [0, 0.05) is 17.3 Å². The molecule has 0 atom stereocenters. The maximum absolute atomic E-state index is 12.3. The van der Waals surface area contributed by atoms with Crippen LogP contribution in [0.15, 0.2) is 36.4 Å². The van der Waals surface area contributed by atoms with Crippen LogP contribution in [0.4, 0.5) is 10.8 Å². The Bertz CT molecular complexity index is 891. The highest BCUT2D eigenvalue weighted by atomic mass is 32.1. The van der Waals surface area contributed by atoms with E-state index < -0.39 is 0 Å². The number of aromatic nitrogens is 1. The highest BCUT2D eigenvalue weighted by Gasteiger charge is 2.15. The summed E-state index contributed by atoms with van der Waals surface area (Å²) in [5.74, 6) is 1.11. The van der Waals surface area contributed by atoms with Crippen molar-refractivity contribution in [2.75, 3.05) is 17.8 Å². The van der Waals surface area contributed by atoms with Crippen molar-refractivity contribution in [3.63, 3.8) is 0 Å². The fraction of sp³-hybridized carbons (Fsp3) is 0.0667. The zero-order chi connectivity index (χ0) is 15.1. The summed E-state index contributed by atoms with van der Waals surface area (Å²) in [7, 11) is 0. The predicted molar refractivity (Wildman–Crippen MR) is 84.6 cm³/mol. The van der Waals surface area contributed by atoms with E-state index >= 15 is 0 Å². The Labute approximate surface area is 129 Å². The number of hydrogen-bond donors (Lipinski definition) is 2. The standard InChI is InChI=1S/C15H11N3O3S/c16-15-18-10-3-1-8(5-13(10)22-15)14(19)17-9-2-4-11-12(6-9)21-7-20-11/h1-6H,7H2,(H2,16,18)(H,17,19). The number of nitrogen functional groups attached to an aromatic ring is 1. The van der Waals surface area contributed by atoms with Gasteiger partial charge in [-0.2, -0.15) is 0 Å². The first-order chi connectivity index (χ1) is 10.7. The molecular weight excluding hydrogens is 302 g/mol. The topological polar surface area (TPSA) is 86.5 Å². The van der Waals surface area contributed by atoms with Gasteiger partial charge in [-0.15, -0.1) is 0 Å². The smallest absolute Gasteiger partial charge is 0.255 e. The van der Waals surface area contributed by atoms with E-state index in [2.05, 4.69) is 10.3 Å². The number of thiazole rings is 1. The third-order valence-corrected chi connectivity index (χ3v) is 4.14. The third-order valence-electron chi connectivity index (χ3n) is 3.30. The number of rotatable bonds is 2. The van der Waals surface area contributed by atoms with Gasteiger partial charge in [-0.25, -0.2) is 4.98 Å². The van der Waals surface area contributed by atoms with E-state index in [9.17, 15) is 4.79 Å². The molecule has 1 aromatic heterocycles. The van der Waals surface area contributed by atoms with Gasteiger partial charge < -0.3 is 20.5 Å². The second-order valence-corrected chi connectivity index (χ2v) is 5.82. The normalized spacial score (nSPS) is 12.5. The molecule has 2 aromatic carbocycles. The minimum atomic E-state index is -0.201. The molecule has 7 heteroatoms. The maximum Gasteiger partial charge on any atom is 0.255 e. The van der Waals surface area contributed by atoms with Crippen molar-refractivity contribution in [2.24, 2.45) is 0 Å². The minimum absolute atomic E-state index is 0.201. The highest BCUT2D eigenvalue weighted by molar-refractivity contribution is 7.22. The molecule has 0 saturated heterocycles. The van der Waals surface area contributed by atoms with Crippen LogP contribution >= 0.6 is 11.3 Å². The number of nitrogens with two attached hydrogens (primary N) is 1. The van der Waals surface area contributed by atoms with Gasteiger partial charge in [0.05, 0.1) is 10.2 Å². The number of hydrogen-bond acceptors (Lipinski definition) is 6. The number of nitrogens with one attached hydrogen (secondary N) is 1. The van der Waals surface area contributed by atoms with Crippen LogP contribution in [-0.4, -0.2) is 17.7 Å². The third kappa shape index (κ3) is 2.21. The molecule has 0 aliphatic carbocycles. The maximum atomic E-state index is 12.3. The van der Waals surface area contributed by atoms with E-state index in [1.54, 1.807) is 36.4 Å². The van der Waals surface area contributed by atoms with Gasteiger partial charge >= 0.3 is 0 Å². The monoisotopic (exact) mass is 313 g/mol. The molecular formula is C15H11N3O3S. The molecule has 0 fully saturated rings. The van der Waals surface area contributed by atoms with Crippen LogP contribution < -0.4 is 20.5 Å². The van der Waals surface area contributed by atoms with Gasteiger partial charge in [-0.05, 0) is 30.3 Å². The van der Waals surface area contributed by atoms with Crippen LogP contribution in [0.5, 0.6) is 11.5 Å². The second kappa shape index (κ2) is 4.88. The number of anilines is 2. The Morgan fingerprint density at radius 2 is 2.05 bits per heavy atom. The second-order valence-electron chi connectivity index (χ2n) is 4.76. The molecule has 0 unspecified atom stereocenters. The number of nitrogens with zero attached hydrogens (tertiary/aromatic N) is 1. The fourth-order valence-electron chi connectivity index (χ4n) is 2.26. The first-order valence-corrected chi connectivity index (χ1v) is 7.38. The summed E-state index contributed by atoms with van der Waals surface area (Å²) in [5.41, 5.74) is 7.67. The molecule has 6 nitrogen and oxygen atoms in total. The van der Waals surface area contributed by atoms with Gasteiger partial charge in [0.2, 0.25) is 6.79 Å². The van der Waals surface area contributed by atoms with Crippen molar-refractivity contribution in [3.8, 4) is 11.5 Å². The molecule has 3 aromatic rings. The first kappa shape index (κ1) is 12.9. The van der Waals surface area contributed by atoms with E-state index in [-0.39, 0.29) is 12.7 Å². The molecule has 2 heterocycles. The molecule has 0 spiro atoms. The predicted octanol–water partition coefficient (Wildman–Crippen LogP) is 2.86. The summed E-state index contributed by atoms with van der Waals surface area (Å²) in [6, 6.07) is 10.6. The molecule has 110 valence electrons. The van der Waals surface area contributed by atoms with Crippen LogP contribution in [0.25, 0.3) is 10.2 Å². The molecule has 4 rings (SSSR count). The number of carbonyl (C=O) groups excluding carboxylic acids is 1. The van der Waals surface area contributed by atoms with Crippen molar-refractivity contribution in [2.45, 2.75) is 0 Å². The molecule has 1 aliphatic heterocycles. The quantitative estimate of drug-likeness (QED) is 0.759. The number of ether oxygens (including phenoxy) is 2. The molecule has 22 heavy (non-hydrogen) atoms. The van der Waals surface area contributed by atoms with Crippen molar-refractivity contribution >= 4 is 38.3 Å². The average Bonchev–Trinajstić information content (AvgIpc) is 3.10. The number of amides is 1. The largest absolute Gasteiger partial charge is 0.454 e. The Hall–Kier alpha value is -2.80. The lowest BCUT2D eigenvalue weighted by atomic mass is 10.2. The fourth-order valence-corrected chi connectivity index (χ4v) is 3.03. The molecule has 3 N–H and O–H groups in total. The van der Waals surface area contributed by atoms with E-state index in [0.29, 0.717) is 27.9 Å². The van der Waals surface area contributed by atoms with Gasteiger partial charge in [0.1, 0.15) is 0 Å². The summed E-state index contributed by atoms with van der Waals surface area (Å²) < 4.78 is 11.4. The summed E-state index contributed by atoms with van der Waals surface area (Å²) >= 11 is 1.36. The Morgan fingerprint density at radius 3 is 2.95 bits per heavy atom. The van der Waals surface area contributed by atoms with Crippen LogP contribution in [0, 0.1) is 0 Å². The molecule has 1 aliphatic rings. The lowest BCUT2D eigenvalue weighted by Gasteiger charge is -2.06. The number of benzene rings is 2. The lowest BCUT2D eigenvalue weighted by molar-refractivity contribution is 0.102. The Morgan fingerprint density at radius 1 is 1.18 bits per heavy atom. The van der Waals surface area contributed by atoms with Crippen LogP contribution in [0.1, 0.15) is 10.4 Å². The highest BCUT2D eigenvalue weighted by Crippen LogP contribution is 2.34. The van der Waals surface area contributed by atoms with Crippen LogP contribution in [0.3, 0.4) is 0 Å². The summed E-state index contributed by atoms with van der Waals surface area (Å²) in [6.07, 6.45) is 0. The van der Waals surface area contributed by atoms with Crippen LogP contribution in [-0.2, 0) is 0 Å². The van der Waals surface area contributed by atoms with Gasteiger partial charge in [0.25, 0.3) is 5.91 Å². The first-order valence-electron chi connectivity index (χ1n) is 6.56. The minimum Gasteiger partial charge on any atom is -0.454 e. The van der Waals surface area contributed by atoms with Gasteiger partial charge in [0.15, 0.2) is 16.6 Å². The number of carbonyl (C=O) groups is 1. The van der Waals surface area contributed by atoms with Crippen LogP contribution in [0.2, 0.25) is 0 Å². The van der Waals surface area contributed by atoms with Gasteiger partial charge in [-0.1, -0.05) is 11.3 Å². The van der Waals surface area contributed by atoms with Crippen molar-refractivity contribution < 1.29 is 14.3 Å². The SMILES string of the molecule is Nc1nc2ccc(C(=O)Nc3ccc4c(c3)OCO4)cc2s1. The molecule has 0 radical (unpaired) electrons. The summed E-state index contributed by atoms with van der Waals surface area (Å²) in [6.45, 7) is 0.205. The molecule has 0 bridgehead atoms. The van der Waals surface area contributed by atoms with E-state index in [0.717, 1.165) is 10.2 Å². The van der Waals surface area contributed by atoms with E-state index in [1.165, 1.54) is 11.3 Å². The summed E-state index contributed by atoms with van der Waals surface area (Å²) in [5, 5.41) is 3.33. The van der Waals surface area contributed by atoms with E-state index in [1.807, 2.05) is 0 Å². The van der Waals surface area contributed by atoms with Crippen molar-refractivity contribution in [1.29, 1.82) is 0 Å². The molecule has 1 amide bonds.